The lowest BCUT2D eigenvalue weighted by Gasteiger charge is -2.20. The minimum absolute atomic E-state index is 0.0253. The van der Waals surface area contributed by atoms with Crippen LogP contribution in [0.15, 0.2) is 12.2 Å². The van der Waals surface area contributed by atoms with Crippen LogP contribution in [0.2, 0.25) is 0 Å². The van der Waals surface area contributed by atoms with Gasteiger partial charge in [0.05, 0.1) is 25.4 Å². The SMILES string of the molecule is CCCCCCCCCCCCC/C=C/C(O)C(CO)NC(=O)CCCCCCCCCCCCCCCCCCCCCCCCCCCCCCCCCCOC(=O)CCCCCCCCCCCCCCCCCC. The lowest BCUT2D eigenvalue weighted by molar-refractivity contribution is -0.143. The summed E-state index contributed by atoms with van der Waals surface area (Å²) in [6, 6.07) is -0.623. The summed E-state index contributed by atoms with van der Waals surface area (Å²) >= 11 is 0. The Balaban J connectivity index is 3.30. The van der Waals surface area contributed by atoms with Crippen LogP contribution in [0, 0.1) is 0 Å². The second kappa shape index (κ2) is 68.1. The van der Waals surface area contributed by atoms with Gasteiger partial charge in [-0.05, 0) is 32.1 Å². The van der Waals surface area contributed by atoms with Crippen LogP contribution in [0.25, 0.3) is 0 Å². The molecule has 0 saturated heterocycles. The van der Waals surface area contributed by atoms with Gasteiger partial charge in [-0.2, -0.15) is 0 Å². The summed E-state index contributed by atoms with van der Waals surface area (Å²) in [7, 11) is 0. The number of hydrogen-bond donors (Lipinski definition) is 3. The Morgan fingerprint density at radius 1 is 0.346 bits per heavy atom. The van der Waals surface area contributed by atoms with E-state index in [1.165, 1.54) is 347 Å². The summed E-state index contributed by atoms with van der Waals surface area (Å²) in [5.41, 5.74) is 0. The Morgan fingerprint density at radius 2 is 0.590 bits per heavy atom. The maximum Gasteiger partial charge on any atom is 0.305 e. The number of aliphatic hydroxyl groups is 2. The Bertz CT molecular complexity index is 1180. The molecule has 78 heavy (non-hydrogen) atoms. The van der Waals surface area contributed by atoms with Gasteiger partial charge in [-0.3, -0.25) is 9.59 Å². The molecule has 464 valence electrons. The van der Waals surface area contributed by atoms with Crippen molar-refractivity contribution in [2.45, 2.75) is 424 Å². The summed E-state index contributed by atoms with van der Waals surface area (Å²) in [6.45, 7) is 4.94. The number of allylic oxidation sites excluding steroid dienone is 1. The Morgan fingerprint density at radius 3 is 0.872 bits per heavy atom. The van der Waals surface area contributed by atoms with Crippen molar-refractivity contribution in [2.24, 2.45) is 0 Å². The molecule has 0 spiro atoms. The van der Waals surface area contributed by atoms with Crippen LogP contribution in [0.3, 0.4) is 0 Å². The van der Waals surface area contributed by atoms with Gasteiger partial charge in [0, 0.05) is 12.8 Å². The second-order valence-corrected chi connectivity index (χ2v) is 24.9. The maximum absolute atomic E-state index is 12.5. The molecule has 0 heterocycles. The van der Waals surface area contributed by atoms with Gasteiger partial charge in [-0.15, -0.1) is 0 Å². The molecule has 2 unspecified atom stereocenters. The molecule has 0 aliphatic heterocycles. The predicted molar refractivity (Wildman–Crippen MR) is 343 cm³/mol. The van der Waals surface area contributed by atoms with Crippen LogP contribution >= 0.6 is 0 Å². The molecule has 0 radical (unpaired) electrons. The highest BCUT2D eigenvalue weighted by atomic mass is 16.5. The molecule has 6 heteroatoms. The fourth-order valence-corrected chi connectivity index (χ4v) is 11.6. The van der Waals surface area contributed by atoms with Crippen molar-refractivity contribution in [3.05, 3.63) is 12.2 Å². The van der Waals surface area contributed by atoms with Gasteiger partial charge in [-0.1, -0.05) is 379 Å². The van der Waals surface area contributed by atoms with Crippen LogP contribution in [0.5, 0.6) is 0 Å². The molecule has 2 atom stereocenters. The summed E-state index contributed by atoms with van der Waals surface area (Å²) < 4.78 is 5.51. The molecule has 6 nitrogen and oxygen atoms in total. The third-order valence-electron chi connectivity index (χ3n) is 17.1. The van der Waals surface area contributed by atoms with Gasteiger partial charge in [0.15, 0.2) is 0 Å². The molecule has 0 aromatic rings. The molecule has 0 aliphatic carbocycles. The first-order chi connectivity index (χ1) is 38.5. The number of rotatable bonds is 68. The summed E-state index contributed by atoms with van der Waals surface area (Å²) in [5, 5.41) is 23.1. The van der Waals surface area contributed by atoms with Crippen molar-refractivity contribution < 1.29 is 24.5 Å². The predicted octanol–water partition coefficient (Wildman–Crippen LogP) is 23.1. The zero-order valence-electron chi connectivity index (χ0n) is 53.2. The largest absolute Gasteiger partial charge is 0.466 e. The lowest BCUT2D eigenvalue weighted by Crippen LogP contribution is -2.45. The highest BCUT2D eigenvalue weighted by molar-refractivity contribution is 5.76. The number of carbonyl (C=O) groups excluding carboxylic acids is 2. The first-order valence-corrected chi connectivity index (χ1v) is 36.0. The van der Waals surface area contributed by atoms with E-state index in [0.717, 1.165) is 38.5 Å². The van der Waals surface area contributed by atoms with Crippen molar-refractivity contribution >= 4 is 11.9 Å². The Labute approximate surface area is 489 Å². The minimum atomic E-state index is -0.840. The number of unbranched alkanes of at least 4 members (excludes halogenated alkanes) is 57. The van der Waals surface area contributed by atoms with E-state index in [-0.39, 0.29) is 18.5 Å². The zero-order valence-corrected chi connectivity index (χ0v) is 53.2. The van der Waals surface area contributed by atoms with Crippen LogP contribution in [-0.2, 0) is 14.3 Å². The van der Waals surface area contributed by atoms with Crippen LogP contribution < -0.4 is 5.32 Å². The van der Waals surface area contributed by atoms with E-state index in [1.54, 1.807) is 6.08 Å². The molecule has 0 fully saturated rings. The Kier molecular flexibility index (Phi) is 66.9. The van der Waals surface area contributed by atoms with E-state index in [9.17, 15) is 19.8 Å². The zero-order chi connectivity index (χ0) is 56.4. The molecule has 0 bridgehead atoms. The highest BCUT2D eigenvalue weighted by Gasteiger charge is 2.18. The molecule has 0 rings (SSSR count). The normalized spacial score (nSPS) is 12.5. The van der Waals surface area contributed by atoms with Gasteiger partial charge < -0.3 is 20.3 Å². The topological polar surface area (TPSA) is 95.9 Å². The van der Waals surface area contributed by atoms with E-state index >= 15 is 0 Å². The van der Waals surface area contributed by atoms with Gasteiger partial charge in [0.2, 0.25) is 5.91 Å². The smallest absolute Gasteiger partial charge is 0.305 e. The van der Waals surface area contributed by atoms with Gasteiger partial charge in [0.25, 0.3) is 0 Å². The summed E-state index contributed by atoms with van der Waals surface area (Å²) in [6.07, 6.45) is 84.5. The van der Waals surface area contributed by atoms with E-state index in [0.29, 0.717) is 19.4 Å². The molecule has 0 aliphatic rings. The van der Waals surface area contributed by atoms with E-state index < -0.39 is 12.1 Å². The van der Waals surface area contributed by atoms with Crippen molar-refractivity contribution in [1.29, 1.82) is 0 Å². The highest BCUT2D eigenvalue weighted by Crippen LogP contribution is 2.19. The first kappa shape index (κ1) is 76.6. The third kappa shape index (κ3) is 63.8. The van der Waals surface area contributed by atoms with Gasteiger partial charge >= 0.3 is 5.97 Å². The number of ether oxygens (including phenoxy) is 1. The second-order valence-electron chi connectivity index (χ2n) is 24.9. The summed E-state index contributed by atoms with van der Waals surface area (Å²) in [4.78, 5) is 24.6. The molecule has 0 saturated carbocycles. The molecule has 1 amide bonds. The van der Waals surface area contributed by atoms with Crippen LogP contribution in [0.4, 0.5) is 0 Å². The van der Waals surface area contributed by atoms with E-state index in [2.05, 4.69) is 19.2 Å². The van der Waals surface area contributed by atoms with Gasteiger partial charge in [-0.25, -0.2) is 0 Å². The number of esters is 1. The minimum Gasteiger partial charge on any atom is -0.466 e. The van der Waals surface area contributed by atoms with E-state index in [4.69, 9.17) is 4.74 Å². The molecular weight excluding hydrogens is 959 g/mol. The average Bonchev–Trinajstić information content (AvgIpc) is 3.44. The number of amides is 1. The van der Waals surface area contributed by atoms with E-state index in [1.807, 2.05) is 6.08 Å². The molecule has 3 N–H and O–H groups in total. The van der Waals surface area contributed by atoms with Crippen LogP contribution in [-0.4, -0.2) is 47.4 Å². The number of carbonyl (C=O) groups is 2. The fraction of sp³-hybridized carbons (Fsp3) is 0.944. The van der Waals surface area contributed by atoms with Crippen molar-refractivity contribution in [2.75, 3.05) is 13.2 Å². The van der Waals surface area contributed by atoms with Crippen molar-refractivity contribution in [3.63, 3.8) is 0 Å². The van der Waals surface area contributed by atoms with Crippen molar-refractivity contribution in [1.82, 2.24) is 5.32 Å². The average molecular weight is 1100 g/mol. The lowest BCUT2D eigenvalue weighted by atomic mass is 10.0. The monoisotopic (exact) mass is 1100 g/mol. The van der Waals surface area contributed by atoms with Crippen molar-refractivity contribution in [3.8, 4) is 0 Å². The number of nitrogens with one attached hydrogen (secondary N) is 1. The summed E-state index contributed by atoms with van der Waals surface area (Å²) in [5.74, 6) is -0.0361. The Hall–Kier alpha value is -1.40. The number of aliphatic hydroxyl groups excluding tert-OH is 2. The molecule has 0 aromatic heterocycles. The standard InChI is InChI=1S/C72H141NO5/c1-3-5-7-9-11-13-15-17-18-38-42-46-50-54-58-62-66-72(77)78-67-63-59-55-51-47-43-39-36-34-32-30-28-26-24-22-20-19-21-23-25-27-29-31-33-35-37-41-45-49-53-57-61-65-71(76)73-69(68-74)70(75)64-60-56-52-48-44-40-16-14-12-10-8-6-4-2/h60,64,69-70,74-75H,3-59,61-63,65-68H2,1-2H3,(H,73,76)/b64-60+. The first-order valence-electron chi connectivity index (χ1n) is 36.0. The quantitative estimate of drug-likeness (QED) is 0.0320. The van der Waals surface area contributed by atoms with Crippen LogP contribution in [0.1, 0.15) is 412 Å². The molecular formula is C72H141NO5. The maximum atomic E-state index is 12.5. The number of hydrogen-bond acceptors (Lipinski definition) is 5. The molecule has 0 aromatic carbocycles. The fourth-order valence-electron chi connectivity index (χ4n) is 11.6. The van der Waals surface area contributed by atoms with Gasteiger partial charge in [0.1, 0.15) is 0 Å². The third-order valence-corrected chi connectivity index (χ3v) is 17.1.